The number of amides is 1. The highest BCUT2D eigenvalue weighted by Crippen LogP contribution is 2.34. The van der Waals surface area contributed by atoms with Crippen molar-refractivity contribution in [2.75, 3.05) is 13.7 Å². The third-order valence-corrected chi connectivity index (χ3v) is 5.26. The molecule has 5 nitrogen and oxygen atoms in total. The molecule has 1 aliphatic heterocycles. The highest BCUT2D eigenvalue weighted by atomic mass is 16.6. The Morgan fingerprint density at radius 1 is 0.967 bits per heavy atom. The summed E-state index contributed by atoms with van der Waals surface area (Å²) in [5.74, 6) is 1.58. The van der Waals surface area contributed by atoms with Crippen molar-refractivity contribution in [3.63, 3.8) is 0 Å². The molecule has 1 atom stereocenters. The molecule has 30 heavy (non-hydrogen) atoms. The molecule has 3 aromatic carbocycles. The van der Waals surface area contributed by atoms with E-state index >= 15 is 0 Å². The maximum atomic E-state index is 13.1. The number of benzene rings is 3. The van der Waals surface area contributed by atoms with Crippen molar-refractivity contribution in [2.24, 2.45) is 0 Å². The summed E-state index contributed by atoms with van der Waals surface area (Å²) in [6.07, 6.45) is 0.293. The van der Waals surface area contributed by atoms with E-state index in [9.17, 15) is 4.79 Å². The molecule has 0 saturated heterocycles. The van der Waals surface area contributed by atoms with Gasteiger partial charge < -0.3 is 14.2 Å². The molecule has 0 bridgehead atoms. The number of hydrogen-bond acceptors (Lipinski definition) is 4. The molecule has 0 N–H and O–H groups in total. The molecule has 0 radical (unpaired) electrons. The van der Waals surface area contributed by atoms with Crippen LogP contribution in [0.5, 0.6) is 11.5 Å². The van der Waals surface area contributed by atoms with Crippen LogP contribution in [0.15, 0.2) is 78.9 Å². The molecule has 0 spiro atoms. The molecular formula is C25H25NO4. The summed E-state index contributed by atoms with van der Waals surface area (Å²) in [6, 6.07) is 25.2. The number of carbonyl (C=O) groups excluding carboxylic acids is 1. The van der Waals surface area contributed by atoms with Crippen LogP contribution in [-0.4, -0.2) is 30.8 Å². The van der Waals surface area contributed by atoms with Crippen LogP contribution in [0.4, 0.5) is 4.79 Å². The Balaban J connectivity index is 1.54. The van der Waals surface area contributed by atoms with E-state index in [4.69, 9.17) is 14.2 Å². The Hall–Kier alpha value is -3.47. The lowest BCUT2D eigenvalue weighted by Crippen LogP contribution is -2.46. The lowest BCUT2D eigenvalue weighted by Gasteiger charge is -2.35. The van der Waals surface area contributed by atoms with Gasteiger partial charge in [-0.15, -0.1) is 0 Å². The Kier molecular flexibility index (Phi) is 6.18. The minimum absolute atomic E-state index is 0.155. The zero-order valence-corrected chi connectivity index (χ0v) is 17.0. The van der Waals surface area contributed by atoms with Crippen LogP contribution in [0, 0.1) is 0 Å². The smallest absolute Gasteiger partial charge is 0.410 e. The Morgan fingerprint density at radius 3 is 2.37 bits per heavy atom. The van der Waals surface area contributed by atoms with Crippen LogP contribution in [0.3, 0.4) is 0 Å². The minimum atomic E-state index is -0.352. The zero-order valence-electron chi connectivity index (χ0n) is 17.0. The molecule has 1 unspecified atom stereocenters. The highest BCUT2D eigenvalue weighted by Gasteiger charge is 2.31. The summed E-state index contributed by atoms with van der Waals surface area (Å²) in [4.78, 5) is 14.9. The zero-order chi connectivity index (χ0) is 20.8. The molecule has 1 aliphatic rings. The predicted molar refractivity (Wildman–Crippen MR) is 115 cm³/mol. The summed E-state index contributed by atoms with van der Waals surface area (Å²) >= 11 is 0. The first-order valence-corrected chi connectivity index (χ1v) is 10.0. The van der Waals surface area contributed by atoms with Gasteiger partial charge in [0.05, 0.1) is 13.2 Å². The van der Waals surface area contributed by atoms with Crippen LogP contribution < -0.4 is 9.47 Å². The Morgan fingerprint density at radius 2 is 1.67 bits per heavy atom. The van der Waals surface area contributed by atoms with Gasteiger partial charge in [0, 0.05) is 18.5 Å². The van der Waals surface area contributed by atoms with Crippen molar-refractivity contribution in [3.8, 4) is 11.5 Å². The molecular weight excluding hydrogens is 378 g/mol. The van der Waals surface area contributed by atoms with Crippen LogP contribution in [0.1, 0.15) is 16.7 Å². The summed E-state index contributed by atoms with van der Waals surface area (Å²) < 4.78 is 17.2. The molecule has 0 fully saturated rings. The third-order valence-electron chi connectivity index (χ3n) is 5.26. The van der Waals surface area contributed by atoms with Crippen molar-refractivity contribution < 1.29 is 19.0 Å². The van der Waals surface area contributed by atoms with Crippen LogP contribution >= 0.6 is 0 Å². The van der Waals surface area contributed by atoms with Crippen LogP contribution in [0.2, 0.25) is 0 Å². The van der Waals surface area contributed by atoms with E-state index in [1.807, 2.05) is 78.9 Å². The average molecular weight is 403 g/mol. The van der Waals surface area contributed by atoms with E-state index in [1.165, 1.54) is 0 Å². The van der Waals surface area contributed by atoms with E-state index in [0.717, 1.165) is 28.2 Å². The van der Waals surface area contributed by atoms with Gasteiger partial charge in [-0.3, -0.25) is 4.90 Å². The quantitative estimate of drug-likeness (QED) is 0.591. The summed E-state index contributed by atoms with van der Waals surface area (Å²) in [6.45, 7) is 1.10. The van der Waals surface area contributed by atoms with Crippen molar-refractivity contribution >= 4 is 6.09 Å². The number of carbonyl (C=O) groups is 1. The van der Waals surface area contributed by atoms with Gasteiger partial charge in [-0.05, 0) is 23.3 Å². The highest BCUT2D eigenvalue weighted by molar-refractivity contribution is 5.68. The van der Waals surface area contributed by atoms with E-state index in [2.05, 4.69) is 0 Å². The second-order valence-corrected chi connectivity index (χ2v) is 7.26. The van der Waals surface area contributed by atoms with E-state index in [0.29, 0.717) is 19.6 Å². The average Bonchev–Trinajstić information content (AvgIpc) is 2.81. The summed E-state index contributed by atoms with van der Waals surface area (Å²) in [5, 5.41) is 0. The fourth-order valence-corrected chi connectivity index (χ4v) is 3.68. The molecule has 5 heteroatoms. The SMILES string of the molecule is COc1cccc2c1CC(N(Cc1ccccc1)C(=O)OCc1ccccc1)CO2. The van der Waals surface area contributed by atoms with Gasteiger partial charge in [0.2, 0.25) is 0 Å². The summed E-state index contributed by atoms with van der Waals surface area (Å²) in [5.41, 5.74) is 2.97. The van der Waals surface area contributed by atoms with Crippen molar-refractivity contribution in [2.45, 2.75) is 25.6 Å². The first-order valence-electron chi connectivity index (χ1n) is 10.0. The summed E-state index contributed by atoms with van der Waals surface area (Å²) in [7, 11) is 1.65. The van der Waals surface area contributed by atoms with Gasteiger partial charge in [-0.1, -0.05) is 66.7 Å². The lowest BCUT2D eigenvalue weighted by molar-refractivity contribution is 0.0592. The number of methoxy groups -OCH3 is 1. The molecule has 1 heterocycles. The van der Waals surface area contributed by atoms with Crippen molar-refractivity contribution in [1.82, 2.24) is 4.90 Å². The van der Waals surface area contributed by atoms with Crippen LogP contribution in [0.25, 0.3) is 0 Å². The van der Waals surface area contributed by atoms with Gasteiger partial charge in [0.1, 0.15) is 24.7 Å². The Bertz CT molecular complexity index is 961. The van der Waals surface area contributed by atoms with E-state index < -0.39 is 0 Å². The second-order valence-electron chi connectivity index (χ2n) is 7.26. The van der Waals surface area contributed by atoms with Gasteiger partial charge in [0.25, 0.3) is 0 Å². The molecule has 1 amide bonds. The maximum absolute atomic E-state index is 13.1. The first-order chi connectivity index (χ1) is 14.7. The molecule has 0 aromatic heterocycles. The van der Waals surface area contributed by atoms with Crippen molar-refractivity contribution in [3.05, 3.63) is 95.6 Å². The number of rotatable bonds is 6. The first kappa shape index (κ1) is 19.8. The topological polar surface area (TPSA) is 48.0 Å². The van der Waals surface area contributed by atoms with Crippen molar-refractivity contribution in [1.29, 1.82) is 0 Å². The molecule has 3 aromatic rings. The van der Waals surface area contributed by atoms with Crippen LogP contribution in [-0.2, 0) is 24.3 Å². The predicted octanol–water partition coefficient (Wildman–Crippen LogP) is 4.84. The maximum Gasteiger partial charge on any atom is 0.410 e. The minimum Gasteiger partial charge on any atom is -0.496 e. The Labute approximate surface area is 176 Å². The van der Waals surface area contributed by atoms with Gasteiger partial charge in [0.15, 0.2) is 0 Å². The monoisotopic (exact) mass is 403 g/mol. The fourth-order valence-electron chi connectivity index (χ4n) is 3.68. The number of hydrogen-bond donors (Lipinski definition) is 0. The number of fused-ring (bicyclic) bond motifs is 1. The molecule has 4 rings (SSSR count). The van der Waals surface area contributed by atoms with E-state index in [1.54, 1.807) is 12.0 Å². The number of nitrogens with zero attached hydrogens (tertiary/aromatic N) is 1. The standard InChI is InChI=1S/C25H25NO4/c1-28-23-13-8-14-24-22(23)15-21(18-29-24)26(16-19-9-4-2-5-10-19)25(27)30-17-20-11-6-3-7-12-20/h2-14,21H,15-18H2,1H3. The van der Waals surface area contributed by atoms with E-state index in [-0.39, 0.29) is 18.7 Å². The fraction of sp³-hybridized carbons (Fsp3) is 0.240. The largest absolute Gasteiger partial charge is 0.496 e. The lowest BCUT2D eigenvalue weighted by atomic mass is 10.00. The molecule has 0 saturated carbocycles. The van der Waals surface area contributed by atoms with Gasteiger partial charge in [-0.25, -0.2) is 4.79 Å². The molecule has 0 aliphatic carbocycles. The van der Waals surface area contributed by atoms with Gasteiger partial charge >= 0.3 is 6.09 Å². The number of ether oxygens (including phenoxy) is 3. The normalized spacial score (nSPS) is 14.9. The third kappa shape index (κ3) is 4.57. The van der Waals surface area contributed by atoms with Gasteiger partial charge in [-0.2, -0.15) is 0 Å². The second kappa shape index (κ2) is 9.35. The molecule has 154 valence electrons.